The van der Waals surface area contributed by atoms with E-state index in [4.69, 9.17) is 9.47 Å². The van der Waals surface area contributed by atoms with Crippen molar-refractivity contribution < 1.29 is 28.7 Å². The molecule has 30 heavy (non-hydrogen) atoms. The Labute approximate surface area is 172 Å². The van der Waals surface area contributed by atoms with E-state index in [0.717, 1.165) is 0 Å². The lowest BCUT2D eigenvalue weighted by Crippen LogP contribution is -2.07. The van der Waals surface area contributed by atoms with Crippen molar-refractivity contribution in [2.24, 2.45) is 10.2 Å². The van der Waals surface area contributed by atoms with Crippen molar-refractivity contribution in [3.05, 3.63) is 36.4 Å². The molecule has 0 bridgehead atoms. The van der Waals surface area contributed by atoms with Crippen LogP contribution < -0.4 is 20.1 Å². The normalized spacial score (nSPS) is 10.4. The molecule has 0 fully saturated rings. The minimum absolute atomic E-state index is 0.204. The molecule has 0 atom stereocenters. The summed E-state index contributed by atoms with van der Waals surface area (Å²) in [6, 6.07) is 8.86. The Hall–Kier alpha value is -4.08. The number of hydrogen-bond donors (Lipinski definition) is 2. The lowest BCUT2D eigenvalue weighted by atomic mass is 10.2. The number of anilines is 2. The van der Waals surface area contributed by atoms with Crippen molar-refractivity contribution >= 4 is 46.5 Å². The maximum atomic E-state index is 11.5. The van der Waals surface area contributed by atoms with Crippen LogP contribution in [-0.2, 0) is 19.2 Å². The van der Waals surface area contributed by atoms with Crippen LogP contribution in [0.3, 0.4) is 0 Å². The number of benzene rings is 2. The van der Waals surface area contributed by atoms with Crippen LogP contribution in [0.2, 0.25) is 0 Å². The van der Waals surface area contributed by atoms with Gasteiger partial charge < -0.3 is 20.1 Å². The molecular formula is C20H20N4O6. The third-order valence-electron chi connectivity index (χ3n) is 3.35. The van der Waals surface area contributed by atoms with Gasteiger partial charge in [0, 0.05) is 39.8 Å². The van der Waals surface area contributed by atoms with E-state index in [9.17, 15) is 19.2 Å². The van der Waals surface area contributed by atoms with Crippen LogP contribution in [0.25, 0.3) is 0 Å². The molecule has 0 heterocycles. The lowest BCUT2D eigenvalue weighted by Gasteiger charge is -2.10. The Balaban J connectivity index is 2.49. The van der Waals surface area contributed by atoms with E-state index in [1.165, 1.54) is 64.1 Å². The summed E-state index contributed by atoms with van der Waals surface area (Å²) in [5, 5.41) is 13.4. The smallest absolute Gasteiger partial charge is 0.308 e. The van der Waals surface area contributed by atoms with E-state index in [1.807, 2.05) is 0 Å². The number of carbonyl (C=O) groups excluding carboxylic acids is 4. The lowest BCUT2D eigenvalue weighted by molar-refractivity contribution is -0.132. The molecule has 0 saturated carbocycles. The van der Waals surface area contributed by atoms with Crippen LogP contribution in [0, 0.1) is 0 Å². The van der Waals surface area contributed by atoms with Gasteiger partial charge in [-0.15, -0.1) is 10.2 Å². The monoisotopic (exact) mass is 412 g/mol. The maximum absolute atomic E-state index is 11.5. The first-order valence-electron chi connectivity index (χ1n) is 8.76. The molecular weight excluding hydrogens is 392 g/mol. The molecule has 156 valence electrons. The highest BCUT2D eigenvalue weighted by Gasteiger charge is 2.10. The van der Waals surface area contributed by atoms with Crippen LogP contribution >= 0.6 is 0 Å². The molecule has 0 radical (unpaired) electrons. The fourth-order valence-electron chi connectivity index (χ4n) is 2.35. The third-order valence-corrected chi connectivity index (χ3v) is 3.35. The molecule has 10 heteroatoms. The number of azo groups is 1. The molecule has 2 N–H and O–H groups in total. The Bertz CT molecular complexity index is 950. The van der Waals surface area contributed by atoms with Crippen molar-refractivity contribution in [3.8, 4) is 11.5 Å². The molecule has 0 aliphatic rings. The van der Waals surface area contributed by atoms with E-state index in [0.29, 0.717) is 11.4 Å². The van der Waals surface area contributed by atoms with Gasteiger partial charge >= 0.3 is 11.9 Å². The number of ether oxygens (including phenoxy) is 2. The highest BCUT2D eigenvalue weighted by Crippen LogP contribution is 2.35. The molecule has 2 aromatic rings. The predicted molar refractivity (Wildman–Crippen MR) is 108 cm³/mol. The van der Waals surface area contributed by atoms with E-state index in [-0.39, 0.29) is 34.7 Å². The maximum Gasteiger partial charge on any atom is 0.308 e. The van der Waals surface area contributed by atoms with Gasteiger partial charge in [0.25, 0.3) is 0 Å². The summed E-state index contributed by atoms with van der Waals surface area (Å²) in [6.45, 7) is 5.17. The summed E-state index contributed by atoms with van der Waals surface area (Å²) in [6.07, 6.45) is 0. The molecule has 2 amide bonds. The molecule has 0 unspecified atom stereocenters. The SMILES string of the molecule is CC(=O)Nc1ccc(OC(C)=O)cc1N=Nc1cc(OC(C)=O)ccc1NC(C)=O. The zero-order valence-corrected chi connectivity index (χ0v) is 16.8. The molecule has 0 aliphatic carbocycles. The fraction of sp³-hybridized carbons (Fsp3) is 0.200. The Kier molecular flexibility index (Phi) is 7.34. The number of nitrogens with one attached hydrogen (secondary N) is 2. The number of carbonyl (C=O) groups is 4. The van der Waals surface area contributed by atoms with Gasteiger partial charge in [-0.1, -0.05) is 0 Å². The van der Waals surface area contributed by atoms with Gasteiger partial charge in [-0.25, -0.2) is 0 Å². The van der Waals surface area contributed by atoms with E-state index < -0.39 is 11.9 Å². The summed E-state index contributed by atoms with van der Waals surface area (Å²) in [5.74, 6) is -1.29. The van der Waals surface area contributed by atoms with Crippen molar-refractivity contribution in [2.75, 3.05) is 10.6 Å². The van der Waals surface area contributed by atoms with E-state index in [2.05, 4.69) is 20.9 Å². The van der Waals surface area contributed by atoms with Gasteiger partial charge in [-0.3, -0.25) is 19.2 Å². The zero-order valence-electron chi connectivity index (χ0n) is 16.8. The van der Waals surface area contributed by atoms with Crippen LogP contribution in [0.4, 0.5) is 22.7 Å². The van der Waals surface area contributed by atoms with Gasteiger partial charge in [-0.2, -0.15) is 0 Å². The summed E-state index contributed by atoms with van der Waals surface area (Å²) < 4.78 is 10.1. The number of amides is 2. The van der Waals surface area contributed by atoms with E-state index in [1.54, 1.807) is 0 Å². The summed E-state index contributed by atoms with van der Waals surface area (Å²) in [4.78, 5) is 45.3. The van der Waals surface area contributed by atoms with E-state index >= 15 is 0 Å². The number of nitrogens with zero attached hydrogens (tertiary/aromatic N) is 2. The molecule has 2 rings (SSSR count). The van der Waals surface area contributed by atoms with Crippen LogP contribution in [-0.4, -0.2) is 23.8 Å². The standard InChI is InChI=1S/C20H20N4O6/c1-11(25)21-17-7-5-15(29-13(3)27)9-19(17)23-24-20-10-16(30-14(4)28)6-8-18(20)22-12(2)26/h5-10H,1-4H3,(H,21,25)(H,22,26). The first-order valence-corrected chi connectivity index (χ1v) is 8.76. The van der Waals surface area contributed by atoms with Gasteiger partial charge in [0.05, 0.1) is 11.4 Å². The third kappa shape index (κ3) is 6.82. The van der Waals surface area contributed by atoms with Gasteiger partial charge in [0.1, 0.15) is 22.9 Å². The van der Waals surface area contributed by atoms with Crippen LogP contribution in [0.1, 0.15) is 27.7 Å². The average Bonchev–Trinajstić information content (AvgIpc) is 2.61. The Morgan fingerprint density at radius 2 is 1.03 bits per heavy atom. The van der Waals surface area contributed by atoms with Gasteiger partial charge in [0.2, 0.25) is 11.8 Å². The van der Waals surface area contributed by atoms with Gasteiger partial charge in [0.15, 0.2) is 0 Å². The minimum atomic E-state index is -0.521. The second-order valence-electron chi connectivity index (χ2n) is 6.11. The van der Waals surface area contributed by atoms with Crippen molar-refractivity contribution in [3.63, 3.8) is 0 Å². The second-order valence-corrected chi connectivity index (χ2v) is 6.11. The Morgan fingerprint density at radius 3 is 1.33 bits per heavy atom. The first kappa shape index (κ1) is 22.2. The molecule has 0 aliphatic heterocycles. The van der Waals surface area contributed by atoms with Crippen molar-refractivity contribution in [1.82, 2.24) is 0 Å². The van der Waals surface area contributed by atoms with Crippen LogP contribution in [0.5, 0.6) is 11.5 Å². The Morgan fingerprint density at radius 1 is 0.667 bits per heavy atom. The number of hydrogen-bond acceptors (Lipinski definition) is 8. The number of esters is 2. The fourth-order valence-corrected chi connectivity index (χ4v) is 2.35. The second kappa shape index (κ2) is 9.92. The molecule has 0 spiro atoms. The summed E-state index contributed by atoms with van der Waals surface area (Å²) >= 11 is 0. The average molecular weight is 412 g/mol. The minimum Gasteiger partial charge on any atom is -0.427 e. The molecule has 0 saturated heterocycles. The van der Waals surface area contributed by atoms with Gasteiger partial charge in [-0.05, 0) is 24.3 Å². The van der Waals surface area contributed by atoms with Crippen molar-refractivity contribution in [2.45, 2.75) is 27.7 Å². The topological polar surface area (TPSA) is 136 Å². The summed E-state index contributed by atoms with van der Waals surface area (Å²) in [5.41, 5.74) is 1.07. The van der Waals surface area contributed by atoms with Crippen molar-refractivity contribution in [1.29, 1.82) is 0 Å². The van der Waals surface area contributed by atoms with Crippen LogP contribution in [0.15, 0.2) is 46.6 Å². The summed E-state index contributed by atoms with van der Waals surface area (Å²) in [7, 11) is 0. The predicted octanol–water partition coefficient (Wildman–Crippen LogP) is 3.87. The first-order chi connectivity index (χ1) is 14.1. The molecule has 0 aromatic heterocycles. The number of rotatable bonds is 6. The molecule has 10 nitrogen and oxygen atoms in total. The highest BCUT2D eigenvalue weighted by molar-refractivity contribution is 5.93. The zero-order chi connectivity index (χ0) is 22.3. The highest BCUT2D eigenvalue weighted by atomic mass is 16.5. The quantitative estimate of drug-likeness (QED) is 0.420. The largest absolute Gasteiger partial charge is 0.427 e. The molecule has 2 aromatic carbocycles.